The summed E-state index contributed by atoms with van der Waals surface area (Å²) in [6.07, 6.45) is 1.71. The van der Waals surface area contributed by atoms with Crippen molar-refractivity contribution in [2.45, 2.75) is 17.7 Å². The van der Waals surface area contributed by atoms with Gasteiger partial charge in [-0.15, -0.1) is 0 Å². The predicted molar refractivity (Wildman–Crippen MR) is 100 cm³/mol. The van der Waals surface area contributed by atoms with Gasteiger partial charge in [0.2, 0.25) is 10.0 Å². The zero-order valence-corrected chi connectivity index (χ0v) is 16.0. The number of esters is 1. The highest BCUT2D eigenvalue weighted by atomic mass is 35.5. The second-order valence-corrected chi connectivity index (χ2v) is 8.46. The van der Waals surface area contributed by atoms with Gasteiger partial charge in [-0.2, -0.15) is 4.31 Å². The van der Waals surface area contributed by atoms with Gasteiger partial charge in [0, 0.05) is 18.7 Å². The lowest BCUT2D eigenvalue weighted by atomic mass is 10.1. The summed E-state index contributed by atoms with van der Waals surface area (Å²) in [7, 11) is -3.53. The van der Waals surface area contributed by atoms with Crippen molar-refractivity contribution in [3.63, 3.8) is 0 Å². The fourth-order valence-corrected chi connectivity index (χ4v) is 4.54. The summed E-state index contributed by atoms with van der Waals surface area (Å²) in [5.41, 5.74) is 0.446. The highest BCUT2D eigenvalue weighted by Crippen LogP contribution is 2.21. The van der Waals surface area contributed by atoms with E-state index < -0.39 is 28.4 Å². The fraction of sp³-hybridized carbons (Fsp3) is 0.263. The van der Waals surface area contributed by atoms with Gasteiger partial charge < -0.3 is 4.74 Å². The summed E-state index contributed by atoms with van der Waals surface area (Å²) in [6, 6.07) is 12.0. The fourth-order valence-electron chi connectivity index (χ4n) is 2.81. The molecule has 142 valence electrons. The van der Waals surface area contributed by atoms with Gasteiger partial charge in [-0.05, 0) is 49.2 Å². The van der Waals surface area contributed by atoms with E-state index in [0.29, 0.717) is 13.1 Å². The van der Waals surface area contributed by atoms with Gasteiger partial charge in [0.05, 0.1) is 15.5 Å². The number of nitrogens with zero attached hydrogens (tertiary/aromatic N) is 1. The standard InChI is InChI=1S/C19H18ClNO5S/c20-17-6-2-1-5-16(17)19(23)26-13-18(22)14-7-9-15(10-8-14)27(24,25)21-11-3-4-12-21/h1-2,5-10H,3-4,11-13H2. The Balaban J connectivity index is 1.64. The van der Waals surface area contributed by atoms with Gasteiger partial charge in [-0.1, -0.05) is 23.7 Å². The van der Waals surface area contributed by atoms with Crippen LogP contribution in [0.3, 0.4) is 0 Å². The van der Waals surface area contributed by atoms with E-state index in [2.05, 4.69) is 0 Å². The van der Waals surface area contributed by atoms with Crippen LogP contribution in [0.1, 0.15) is 33.6 Å². The van der Waals surface area contributed by atoms with Crippen LogP contribution < -0.4 is 0 Å². The van der Waals surface area contributed by atoms with Gasteiger partial charge in [-0.3, -0.25) is 4.79 Å². The molecule has 1 saturated heterocycles. The van der Waals surface area contributed by atoms with Crippen molar-refractivity contribution in [1.29, 1.82) is 0 Å². The van der Waals surface area contributed by atoms with Gasteiger partial charge in [0.25, 0.3) is 0 Å². The van der Waals surface area contributed by atoms with Crippen molar-refractivity contribution in [2.75, 3.05) is 19.7 Å². The first kappa shape index (κ1) is 19.5. The molecule has 8 heteroatoms. The maximum atomic E-state index is 12.5. The molecule has 0 atom stereocenters. The average molecular weight is 408 g/mol. The maximum Gasteiger partial charge on any atom is 0.340 e. The van der Waals surface area contributed by atoms with Crippen LogP contribution >= 0.6 is 11.6 Å². The summed E-state index contributed by atoms with van der Waals surface area (Å²) in [4.78, 5) is 24.3. The zero-order valence-electron chi connectivity index (χ0n) is 14.4. The lowest BCUT2D eigenvalue weighted by molar-refractivity contribution is 0.0475. The smallest absolute Gasteiger partial charge is 0.340 e. The molecule has 0 aliphatic carbocycles. The van der Waals surface area contributed by atoms with Gasteiger partial charge in [0.15, 0.2) is 12.4 Å². The third kappa shape index (κ3) is 4.37. The molecule has 1 fully saturated rings. The number of Topliss-reactive ketones (excluding diaryl/α,β-unsaturated/α-hetero) is 1. The molecule has 0 radical (unpaired) electrons. The topological polar surface area (TPSA) is 80.8 Å². The molecule has 0 bridgehead atoms. The molecule has 1 aliphatic heterocycles. The van der Waals surface area contributed by atoms with Crippen molar-refractivity contribution in [3.05, 3.63) is 64.7 Å². The third-order valence-electron chi connectivity index (χ3n) is 4.31. The van der Waals surface area contributed by atoms with E-state index in [1.807, 2.05) is 0 Å². The molecule has 0 aromatic heterocycles. The van der Waals surface area contributed by atoms with Crippen LogP contribution in [0.5, 0.6) is 0 Å². The number of benzene rings is 2. The highest BCUT2D eigenvalue weighted by molar-refractivity contribution is 7.89. The SMILES string of the molecule is O=C(COC(=O)c1ccccc1Cl)c1ccc(S(=O)(=O)N2CCCC2)cc1. The number of carbonyl (C=O) groups is 2. The number of hydrogen-bond donors (Lipinski definition) is 0. The second-order valence-electron chi connectivity index (χ2n) is 6.11. The number of carbonyl (C=O) groups excluding carboxylic acids is 2. The quantitative estimate of drug-likeness (QED) is 0.542. The Morgan fingerprint density at radius 3 is 2.26 bits per heavy atom. The first-order valence-corrected chi connectivity index (χ1v) is 10.3. The Labute approximate surface area is 162 Å². The summed E-state index contributed by atoms with van der Waals surface area (Å²) in [5, 5.41) is 0.242. The Morgan fingerprint density at radius 2 is 1.63 bits per heavy atom. The van der Waals surface area contributed by atoms with Crippen molar-refractivity contribution in [1.82, 2.24) is 4.31 Å². The van der Waals surface area contributed by atoms with Crippen LogP contribution in [0.15, 0.2) is 53.4 Å². The Hall–Kier alpha value is -2.22. The third-order valence-corrected chi connectivity index (χ3v) is 6.55. The molecule has 1 aliphatic rings. The summed E-state index contributed by atoms with van der Waals surface area (Å²) in [5.74, 6) is -1.12. The second kappa shape index (κ2) is 8.21. The van der Waals surface area contributed by atoms with Crippen LogP contribution in [0.25, 0.3) is 0 Å². The van der Waals surface area contributed by atoms with E-state index in [1.165, 1.54) is 34.6 Å². The first-order valence-electron chi connectivity index (χ1n) is 8.44. The van der Waals surface area contributed by atoms with Gasteiger partial charge in [0.1, 0.15) is 0 Å². The molecular formula is C19H18ClNO5S. The average Bonchev–Trinajstić information content (AvgIpc) is 3.22. The largest absolute Gasteiger partial charge is 0.454 e. The monoisotopic (exact) mass is 407 g/mol. The molecule has 0 unspecified atom stereocenters. The molecule has 0 amide bonds. The van der Waals surface area contributed by atoms with E-state index in [-0.39, 0.29) is 21.0 Å². The summed E-state index contributed by atoms with van der Waals surface area (Å²) < 4.78 is 31.4. The predicted octanol–water partition coefficient (Wildman–Crippen LogP) is 3.16. The van der Waals surface area contributed by atoms with Gasteiger partial charge >= 0.3 is 5.97 Å². The lowest BCUT2D eigenvalue weighted by Crippen LogP contribution is -2.27. The van der Waals surface area contributed by atoms with E-state index in [4.69, 9.17) is 16.3 Å². The Bertz CT molecular complexity index is 950. The summed E-state index contributed by atoms with van der Waals surface area (Å²) in [6.45, 7) is 0.574. The Kier molecular flexibility index (Phi) is 5.94. The molecule has 1 heterocycles. The molecule has 6 nitrogen and oxygen atoms in total. The lowest BCUT2D eigenvalue weighted by Gasteiger charge is -2.15. The Morgan fingerprint density at radius 1 is 1.00 bits per heavy atom. The van der Waals surface area contributed by atoms with Crippen LogP contribution in [-0.2, 0) is 14.8 Å². The minimum Gasteiger partial charge on any atom is -0.454 e. The van der Waals surface area contributed by atoms with E-state index >= 15 is 0 Å². The van der Waals surface area contributed by atoms with Crippen molar-refractivity contribution < 1.29 is 22.7 Å². The molecular weight excluding hydrogens is 390 g/mol. The molecule has 0 spiro atoms. The molecule has 0 N–H and O–H groups in total. The van der Waals surface area contributed by atoms with Gasteiger partial charge in [-0.25, -0.2) is 13.2 Å². The first-order chi connectivity index (χ1) is 12.9. The molecule has 2 aromatic carbocycles. The van der Waals surface area contributed by atoms with E-state index in [9.17, 15) is 18.0 Å². The number of halogens is 1. The van der Waals surface area contributed by atoms with Crippen LogP contribution in [-0.4, -0.2) is 44.2 Å². The minimum atomic E-state index is -3.53. The van der Waals surface area contributed by atoms with Crippen LogP contribution in [0, 0.1) is 0 Å². The molecule has 3 rings (SSSR count). The minimum absolute atomic E-state index is 0.147. The van der Waals surface area contributed by atoms with E-state index in [1.54, 1.807) is 18.2 Å². The molecule has 2 aromatic rings. The number of sulfonamides is 1. The van der Waals surface area contributed by atoms with E-state index in [0.717, 1.165) is 12.8 Å². The van der Waals surface area contributed by atoms with Crippen molar-refractivity contribution >= 4 is 33.4 Å². The molecule has 27 heavy (non-hydrogen) atoms. The number of hydrogen-bond acceptors (Lipinski definition) is 5. The van der Waals surface area contributed by atoms with Crippen molar-refractivity contribution in [3.8, 4) is 0 Å². The van der Waals surface area contributed by atoms with Crippen LogP contribution in [0.4, 0.5) is 0 Å². The number of ketones is 1. The molecule has 0 saturated carbocycles. The highest BCUT2D eigenvalue weighted by Gasteiger charge is 2.27. The number of rotatable bonds is 6. The maximum absolute atomic E-state index is 12.5. The normalized spacial score (nSPS) is 14.9. The number of ether oxygens (including phenoxy) is 1. The zero-order chi connectivity index (χ0) is 19.4. The summed E-state index contributed by atoms with van der Waals surface area (Å²) >= 11 is 5.92. The van der Waals surface area contributed by atoms with Crippen LogP contribution in [0.2, 0.25) is 5.02 Å². The van der Waals surface area contributed by atoms with Crippen molar-refractivity contribution in [2.24, 2.45) is 0 Å².